The third-order valence-electron chi connectivity index (χ3n) is 5.82. The number of aryl methyl sites for hydroxylation is 2. The first-order valence-corrected chi connectivity index (χ1v) is 11.9. The monoisotopic (exact) mass is 436 g/mol. The number of nitrogens with zero attached hydrogens (tertiary/aromatic N) is 2. The summed E-state index contributed by atoms with van der Waals surface area (Å²) in [7, 11) is 0. The van der Waals surface area contributed by atoms with Crippen LogP contribution in [0.25, 0.3) is 20.2 Å². The van der Waals surface area contributed by atoms with E-state index in [1.54, 1.807) is 29.9 Å². The maximum atomic E-state index is 12.6. The maximum Gasteiger partial charge on any atom is 0.176 e. The Kier molecular flexibility index (Phi) is 6.35. The van der Waals surface area contributed by atoms with E-state index in [0.717, 1.165) is 55.5 Å². The highest BCUT2D eigenvalue weighted by Crippen LogP contribution is 2.35. The maximum absolute atomic E-state index is 12.6. The van der Waals surface area contributed by atoms with Crippen LogP contribution >= 0.6 is 22.7 Å². The third kappa shape index (κ3) is 4.07. The van der Waals surface area contributed by atoms with Crippen molar-refractivity contribution in [3.63, 3.8) is 0 Å². The van der Waals surface area contributed by atoms with Crippen molar-refractivity contribution in [2.75, 3.05) is 0 Å². The molecule has 4 nitrogen and oxygen atoms in total. The number of hydrogen-bond donors (Lipinski definition) is 0. The van der Waals surface area contributed by atoms with Crippen molar-refractivity contribution in [1.29, 1.82) is 0 Å². The van der Waals surface area contributed by atoms with Gasteiger partial charge >= 0.3 is 0 Å². The summed E-state index contributed by atoms with van der Waals surface area (Å²) in [6, 6.07) is 3.94. The molecule has 0 atom stereocenters. The van der Waals surface area contributed by atoms with Gasteiger partial charge in [-0.15, -0.1) is 22.7 Å². The summed E-state index contributed by atoms with van der Waals surface area (Å²) in [5, 5.41) is 2.23. The van der Waals surface area contributed by atoms with Crippen LogP contribution in [-0.2, 0) is 0 Å². The molecule has 0 radical (unpaired) electrons. The molecular formula is C24H24N2O2S2. The van der Waals surface area contributed by atoms with Crippen LogP contribution in [0.15, 0.2) is 36.9 Å². The Balaban J connectivity index is 0.000000158. The van der Waals surface area contributed by atoms with Crippen LogP contribution < -0.4 is 0 Å². The normalized spacial score (nSPS) is 14.5. The fraction of sp³-hybridized carbons (Fsp3) is 0.333. The molecule has 1 saturated carbocycles. The molecule has 1 fully saturated rings. The average molecular weight is 437 g/mol. The van der Waals surface area contributed by atoms with E-state index in [-0.39, 0.29) is 5.92 Å². The Labute approximate surface area is 184 Å². The van der Waals surface area contributed by atoms with Crippen LogP contribution in [-0.4, -0.2) is 22.0 Å². The summed E-state index contributed by atoms with van der Waals surface area (Å²) >= 11 is 3.15. The lowest BCUT2D eigenvalue weighted by Gasteiger charge is -2.19. The Morgan fingerprint density at radius 3 is 2.10 bits per heavy atom. The number of thiophene rings is 2. The standard InChI is InChI=1S/C15H17NOS.C9H7NOS/c1-10-12-9-16-8-7-13(12)18-15(10)14(17)11-5-3-2-4-6-11;1-6-7-4-10-3-2-8(7)12-9(6)5-11/h7-9,11H,2-6H2,1H3;2-5H,1H3. The van der Waals surface area contributed by atoms with Crippen molar-refractivity contribution in [1.82, 2.24) is 9.97 Å². The van der Waals surface area contributed by atoms with Gasteiger partial charge in [-0.3, -0.25) is 19.6 Å². The number of ketones is 1. The number of Topliss-reactive ketones (excluding diaryl/α,β-unsaturated/α-hetero) is 1. The van der Waals surface area contributed by atoms with Crippen molar-refractivity contribution in [3.8, 4) is 0 Å². The molecule has 6 heteroatoms. The zero-order chi connectivity index (χ0) is 21.1. The number of hydrogen-bond acceptors (Lipinski definition) is 6. The van der Waals surface area contributed by atoms with E-state index >= 15 is 0 Å². The van der Waals surface area contributed by atoms with Gasteiger partial charge in [0.2, 0.25) is 0 Å². The van der Waals surface area contributed by atoms with Crippen LogP contribution in [0.5, 0.6) is 0 Å². The van der Waals surface area contributed by atoms with E-state index in [0.29, 0.717) is 5.78 Å². The fourth-order valence-electron chi connectivity index (χ4n) is 4.04. The first-order valence-electron chi connectivity index (χ1n) is 10.3. The molecule has 5 rings (SSSR count). The summed E-state index contributed by atoms with van der Waals surface area (Å²) in [6.45, 7) is 4.00. The molecule has 0 unspecified atom stereocenters. The lowest BCUT2D eigenvalue weighted by Crippen LogP contribution is -2.17. The van der Waals surface area contributed by atoms with Gasteiger partial charge in [0.1, 0.15) is 0 Å². The van der Waals surface area contributed by atoms with Gasteiger partial charge in [-0.25, -0.2) is 0 Å². The van der Waals surface area contributed by atoms with E-state index in [9.17, 15) is 9.59 Å². The van der Waals surface area contributed by atoms with Crippen molar-refractivity contribution in [3.05, 3.63) is 57.8 Å². The number of aldehydes is 1. The summed E-state index contributed by atoms with van der Waals surface area (Å²) < 4.78 is 2.31. The van der Waals surface area contributed by atoms with Crippen LogP contribution in [0.4, 0.5) is 0 Å². The second-order valence-corrected chi connectivity index (χ2v) is 9.84. The molecule has 0 bridgehead atoms. The molecule has 4 heterocycles. The predicted molar refractivity (Wildman–Crippen MR) is 125 cm³/mol. The van der Waals surface area contributed by atoms with Crippen molar-refractivity contribution < 1.29 is 9.59 Å². The Hall–Kier alpha value is -2.44. The van der Waals surface area contributed by atoms with Crippen LogP contribution in [0.1, 0.15) is 62.6 Å². The number of rotatable bonds is 3. The highest BCUT2D eigenvalue weighted by atomic mass is 32.1. The van der Waals surface area contributed by atoms with Crippen LogP contribution in [0.2, 0.25) is 0 Å². The molecule has 0 spiro atoms. The Morgan fingerprint density at radius 1 is 0.933 bits per heavy atom. The Morgan fingerprint density at radius 2 is 1.53 bits per heavy atom. The zero-order valence-electron chi connectivity index (χ0n) is 17.2. The second-order valence-electron chi connectivity index (χ2n) is 7.71. The first-order chi connectivity index (χ1) is 14.6. The van der Waals surface area contributed by atoms with E-state index in [1.807, 2.05) is 25.3 Å². The molecule has 1 aliphatic carbocycles. The van der Waals surface area contributed by atoms with Gasteiger partial charge in [-0.05, 0) is 49.9 Å². The number of pyridine rings is 2. The molecular weight excluding hydrogens is 412 g/mol. The minimum atomic E-state index is 0.262. The fourth-order valence-corrected chi connectivity index (χ4v) is 6.23. The smallest absolute Gasteiger partial charge is 0.176 e. The van der Waals surface area contributed by atoms with E-state index in [1.165, 1.54) is 35.3 Å². The first kappa shape index (κ1) is 20.8. The molecule has 30 heavy (non-hydrogen) atoms. The van der Waals surface area contributed by atoms with Gasteiger partial charge in [-0.1, -0.05) is 19.3 Å². The number of aromatic nitrogens is 2. The number of fused-ring (bicyclic) bond motifs is 2. The lowest BCUT2D eigenvalue weighted by molar-refractivity contribution is 0.0893. The number of carbonyl (C=O) groups excluding carboxylic acids is 2. The van der Waals surface area contributed by atoms with Crippen molar-refractivity contribution in [2.45, 2.75) is 46.0 Å². The average Bonchev–Trinajstić information content (AvgIpc) is 3.31. The predicted octanol–water partition coefficient (Wildman–Crippen LogP) is 6.78. The molecule has 154 valence electrons. The topological polar surface area (TPSA) is 59.9 Å². The minimum absolute atomic E-state index is 0.262. The Bertz CT molecular complexity index is 1200. The summed E-state index contributed by atoms with van der Waals surface area (Å²) in [4.78, 5) is 33.1. The lowest BCUT2D eigenvalue weighted by atomic mass is 9.85. The van der Waals surface area contributed by atoms with Gasteiger partial charge in [-0.2, -0.15) is 0 Å². The van der Waals surface area contributed by atoms with Gasteiger partial charge < -0.3 is 0 Å². The molecule has 0 aliphatic heterocycles. The second kappa shape index (κ2) is 9.14. The molecule has 4 aromatic rings. The van der Waals surface area contributed by atoms with Crippen LogP contribution in [0.3, 0.4) is 0 Å². The van der Waals surface area contributed by atoms with Gasteiger partial charge in [0.25, 0.3) is 0 Å². The molecule has 0 N–H and O–H groups in total. The largest absolute Gasteiger partial charge is 0.297 e. The molecule has 0 amide bonds. The number of carbonyl (C=O) groups is 2. The van der Waals surface area contributed by atoms with Gasteiger partial charge in [0.15, 0.2) is 12.1 Å². The summed E-state index contributed by atoms with van der Waals surface area (Å²) in [6.07, 6.45) is 14.0. The highest BCUT2D eigenvalue weighted by molar-refractivity contribution is 7.21. The SMILES string of the molecule is Cc1c(C(=O)C2CCCCC2)sc2ccncc12.Cc1c(C=O)sc2ccncc12. The van der Waals surface area contributed by atoms with Crippen molar-refractivity contribution in [2.24, 2.45) is 5.92 Å². The van der Waals surface area contributed by atoms with Gasteiger partial charge in [0.05, 0.1) is 9.75 Å². The molecule has 1 aliphatic rings. The molecule has 0 aromatic carbocycles. The van der Waals surface area contributed by atoms with E-state index in [4.69, 9.17) is 0 Å². The third-order valence-corrected chi connectivity index (χ3v) is 8.30. The van der Waals surface area contributed by atoms with E-state index in [2.05, 4.69) is 16.9 Å². The zero-order valence-corrected chi connectivity index (χ0v) is 18.8. The summed E-state index contributed by atoms with van der Waals surface area (Å²) in [5.74, 6) is 0.631. The minimum Gasteiger partial charge on any atom is -0.297 e. The van der Waals surface area contributed by atoms with Gasteiger partial charge in [0, 0.05) is 50.9 Å². The van der Waals surface area contributed by atoms with E-state index < -0.39 is 0 Å². The summed E-state index contributed by atoms with van der Waals surface area (Å²) in [5.41, 5.74) is 2.16. The quantitative estimate of drug-likeness (QED) is 0.262. The molecule has 0 saturated heterocycles. The molecule has 4 aromatic heterocycles. The van der Waals surface area contributed by atoms with Crippen LogP contribution in [0, 0.1) is 19.8 Å². The highest BCUT2D eigenvalue weighted by Gasteiger charge is 2.25. The van der Waals surface area contributed by atoms with Crippen molar-refractivity contribution >= 4 is 54.9 Å².